The Bertz CT molecular complexity index is 1260. The van der Waals surface area contributed by atoms with Crippen molar-refractivity contribution in [3.05, 3.63) is 89.2 Å². The van der Waals surface area contributed by atoms with Crippen LogP contribution < -0.4 is 15.7 Å². The van der Waals surface area contributed by atoms with Gasteiger partial charge in [-0.05, 0) is 54.7 Å². The smallest absolute Gasteiger partial charge is 0.254 e. The van der Waals surface area contributed by atoms with E-state index in [2.05, 4.69) is 22.2 Å². The van der Waals surface area contributed by atoms with Gasteiger partial charge < -0.3 is 15.3 Å². The van der Waals surface area contributed by atoms with Gasteiger partial charge in [-0.25, -0.2) is 24.2 Å². The van der Waals surface area contributed by atoms with Gasteiger partial charge in [0.1, 0.15) is 11.6 Å². The van der Waals surface area contributed by atoms with Crippen LogP contribution in [0.5, 0.6) is 0 Å². The number of amides is 2. The number of nitrogens with one attached hydrogen (secondary N) is 2. The predicted molar refractivity (Wildman–Crippen MR) is 174 cm³/mol. The average Bonchev–Trinajstić information content (AvgIpc) is 3.07. The van der Waals surface area contributed by atoms with Crippen molar-refractivity contribution in [3.8, 4) is 0 Å². The van der Waals surface area contributed by atoms with Gasteiger partial charge in [0.2, 0.25) is 11.9 Å². The molecule has 0 aliphatic rings. The molecule has 1 unspecified atom stereocenters. The molecule has 0 fully saturated rings. The number of unbranched alkanes of at least 4 members (excludes halogenated alkanes) is 6. The van der Waals surface area contributed by atoms with Gasteiger partial charge >= 0.3 is 0 Å². The Kier molecular flexibility index (Phi) is 16.0. The van der Waals surface area contributed by atoms with Crippen LogP contribution in [0.25, 0.3) is 0 Å². The molecule has 0 bridgehead atoms. The number of aromatic nitrogens is 2. The van der Waals surface area contributed by atoms with Crippen molar-refractivity contribution in [3.63, 3.8) is 0 Å². The number of benzene rings is 2. The van der Waals surface area contributed by atoms with Gasteiger partial charge in [-0.2, -0.15) is 0 Å². The zero-order valence-electron chi connectivity index (χ0n) is 26.6. The molecule has 250 valence electrons. The molecule has 0 radical (unpaired) electrons. The number of aliphatic hydroxyl groups is 1. The van der Waals surface area contributed by atoms with Crippen molar-refractivity contribution in [2.24, 2.45) is 0 Å². The van der Waals surface area contributed by atoms with Crippen LogP contribution in [0.2, 0.25) is 0 Å². The minimum absolute atomic E-state index is 0.00263. The topological polar surface area (TPSA) is 128 Å². The fourth-order valence-electron chi connectivity index (χ4n) is 5.47. The number of anilines is 1. The van der Waals surface area contributed by atoms with Crippen molar-refractivity contribution in [1.29, 1.82) is 0 Å². The lowest BCUT2D eigenvalue weighted by atomic mass is 9.90. The summed E-state index contributed by atoms with van der Waals surface area (Å²) < 4.78 is 27.4. The number of hydroxylamine groups is 1. The van der Waals surface area contributed by atoms with Crippen LogP contribution in [0.3, 0.4) is 0 Å². The lowest BCUT2D eigenvalue weighted by Crippen LogP contribution is -2.36. The molecule has 3 aromatic rings. The third kappa shape index (κ3) is 12.4. The number of carbonyl (C=O) groups is 2. The molecule has 4 N–H and O–H groups in total. The molecule has 9 nitrogen and oxygen atoms in total. The molecule has 0 saturated carbocycles. The van der Waals surface area contributed by atoms with E-state index in [9.17, 15) is 23.5 Å². The minimum atomic E-state index is -0.380. The van der Waals surface area contributed by atoms with Crippen LogP contribution in [0.15, 0.2) is 60.9 Å². The Hall–Kier alpha value is -3.96. The molecule has 1 atom stereocenters. The van der Waals surface area contributed by atoms with Crippen LogP contribution in [0.4, 0.5) is 14.7 Å². The second-order valence-electron chi connectivity index (χ2n) is 11.6. The van der Waals surface area contributed by atoms with E-state index < -0.39 is 0 Å². The fourth-order valence-corrected chi connectivity index (χ4v) is 5.47. The van der Waals surface area contributed by atoms with Gasteiger partial charge in [-0.15, -0.1) is 0 Å². The highest BCUT2D eigenvalue weighted by atomic mass is 19.1. The van der Waals surface area contributed by atoms with Gasteiger partial charge in [0.25, 0.3) is 5.91 Å². The highest BCUT2D eigenvalue weighted by Gasteiger charge is 2.22. The number of carbonyl (C=O) groups excluding carboxylic acids is 2. The monoisotopic (exact) mass is 639 g/mol. The molecule has 1 heterocycles. The average molecular weight is 640 g/mol. The molecule has 0 aliphatic heterocycles. The Morgan fingerprint density at radius 1 is 0.826 bits per heavy atom. The maximum absolute atomic E-state index is 13.7. The number of rotatable bonds is 21. The van der Waals surface area contributed by atoms with Gasteiger partial charge in [-0.3, -0.25) is 14.8 Å². The minimum Gasteiger partial charge on any atom is -0.395 e. The number of aliphatic hydroxyl groups excluding tert-OH is 1. The third-order valence-corrected chi connectivity index (χ3v) is 8.07. The van der Waals surface area contributed by atoms with Gasteiger partial charge in [0.05, 0.1) is 12.2 Å². The van der Waals surface area contributed by atoms with Crippen molar-refractivity contribution >= 4 is 17.8 Å². The summed E-state index contributed by atoms with van der Waals surface area (Å²) in [7, 11) is 0. The summed E-state index contributed by atoms with van der Waals surface area (Å²) in [5.41, 5.74) is 3.61. The number of nitrogens with zero attached hydrogens (tertiary/aromatic N) is 3. The van der Waals surface area contributed by atoms with Crippen molar-refractivity contribution in [2.75, 3.05) is 24.6 Å². The van der Waals surface area contributed by atoms with Crippen molar-refractivity contribution in [2.45, 2.75) is 89.5 Å². The summed E-state index contributed by atoms with van der Waals surface area (Å²) >= 11 is 0. The van der Waals surface area contributed by atoms with Crippen LogP contribution >= 0.6 is 0 Å². The third-order valence-electron chi connectivity index (χ3n) is 8.07. The predicted octanol–water partition coefficient (Wildman–Crippen LogP) is 6.30. The number of hydrogen-bond acceptors (Lipinski definition) is 7. The second kappa shape index (κ2) is 20.2. The van der Waals surface area contributed by atoms with E-state index in [4.69, 9.17) is 5.21 Å². The first-order valence-corrected chi connectivity index (χ1v) is 16.3. The van der Waals surface area contributed by atoms with E-state index in [1.54, 1.807) is 34.6 Å². The van der Waals surface area contributed by atoms with Crippen molar-refractivity contribution < 1.29 is 28.7 Å². The van der Waals surface area contributed by atoms with Crippen LogP contribution in [0, 0.1) is 11.6 Å². The summed E-state index contributed by atoms with van der Waals surface area (Å²) in [5, 5.41) is 21.6. The van der Waals surface area contributed by atoms with E-state index in [1.165, 1.54) is 36.7 Å². The maximum Gasteiger partial charge on any atom is 0.254 e. The number of halogens is 2. The lowest BCUT2D eigenvalue weighted by molar-refractivity contribution is -0.129. The fraction of sp³-hybridized carbons (Fsp3) is 0.486. The standard InChI is InChI=1S/C35H47F2N5O4/c1-2-3-4-7-10-31(11-8-5-6-9-12-33(44)41-46)40-34(45)28-23-38-35(39-24-28)42(21-22-43)25-32(26-13-17-29(36)18-14-26)27-15-19-30(37)20-16-27/h13-20,23-24,31-32,43,46H,2-12,21-22,25H2,1H3,(H,40,45)(H,41,44). The molecule has 2 amide bonds. The Morgan fingerprint density at radius 2 is 1.37 bits per heavy atom. The first-order valence-electron chi connectivity index (χ1n) is 16.3. The Balaban J connectivity index is 1.68. The summed E-state index contributed by atoms with van der Waals surface area (Å²) in [5.74, 6) is -1.33. The first kappa shape index (κ1) is 36.5. The molecule has 2 aromatic carbocycles. The molecule has 11 heteroatoms. The van der Waals surface area contributed by atoms with Gasteiger partial charge in [0, 0.05) is 43.9 Å². The maximum atomic E-state index is 13.7. The van der Waals surface area contributed by atoms with Crippen LogP contribution in [-0.2, 0) is 4.79 Å². The van der Waals surface area contributed by atoms with E-state index >= 15 is 0 Å². The molecule has 0 spiro atoms. The van der Waals surface area contributed by atoms with Crippen molar-refractivity contribution in [1.82, 2.24) is 20.8 Å². The SMILES string of the molecule is CCCCCCC(CCCCCCC(=O)NO)NC(=O)c1cnc(N(CCO)CC(c2ccc(F)cc2)c2ccc(F)cc2)nc1. The summed E-state index contributed by atoms with van der Waals surface area (Å²) in [6, 6.07) is 12.2. The quantitative estimate of drug-likeness (QED) is 0.0612. The molecular weight excluding hydrogens is 592 g/mol. The summed E-state index contributed by atoms with van der Waals surface area (Å²) in [6.07, 6.45) is 12.7. The summed E-state index contributed by atoms with van der Waals surface area (Å²) in [6.45, 7) is 2.54. The molecular formula is C35H47F2N5O4. The molecule has 46 heavy (non-hydrogen) atoms. The van der Waals surface area contributed by atoms with E-state index in [-0.39, 0.29) is 48.6 Å². The molecule has 1 aromatic heterocycles. The zero-order valence-corrected chi connectivity index (χ0v) is 26.6. The van der Waals surface area contributed by atoms with Crippen LogP contribution in [-0.4, -0.2) is 57.8 Å². The van der Waals surface area contributed by atoms with E-state index in [0.29, 0.717) is 30.9 Å². The van der Waals surface area contributed by atoms with Gasteiger partial charge in [0.15, 0.2) is 0 Å². The molecule has 0 saturated heterocycles. The summed E-state index contributed by atoms with van der Waals surface area (Å²) in [4.78, 5) is 35.2. The number of hydrogen-bond donors (Lipinski definition) is 4. The Labute approximate surface area is 270 Å². The lowest BCUT2D eigenvalue weighted by Gasteiger charge is -2.28. The largest absolute Gasteiger partial charge is 0.395 e. The van der Waals surface area contributed by atoms with E-state index in [0.717, 1.165) is 68.9 Å². The second-order valence-corrected chi connectivity index (χ2v) is 11.6. The van der Waals surface area contributed by atoms with Crippen LogP contribution in [0.1, 0.15) is 105 Å². The Morgan fingerprint density at radius 3 is 1.89 bits per heavy atom. The zero-order chi connectivity index (χ0) is 33.1. The van der Waals surface area contributed by atoms with Gasteiger partial charge in [-0.1, -0.05) is 76.1 Å². The van der Waals surface area contributed by atoms with E-state index in [1.807, 2.05) is 0 Å². The molecule has 0 aliphatic carbocycles. The highest BCUT2D eigenvalue weighted by Crippen LogP contribution is 2.28. The molecule has 3 rings (SSSR count). The normalized spacial score (nSPS) is 11.8. The highest BCUT2D eigenvalue weighted by molar-refractivity contribution is 5.93. The first-order chi connectivity index (χ1) is 22.3.